The van der Waals surface area contributed by atoms with Gasteiger partial charge in [0.2, 0.25) is 0 Å². The molecule has 0 aromatic heterocycles. The number of esters is 2. The summed E-state index contributed by atoms with van der Waals surface area (Å²) in [6.45, 7) is 10.8. The molecule has 0 atom stereocenters. The van der Waals surface area contributed by atoms with E-state index in [0.29, 0.717) is 31.1 Å². The molecule has 0 unspecified atom stereocenters. The third kappa shape index (κ3) is 6.68. The van der Waals surface area contributed by atoms with Gasteiger partial charge in [0.1, 0.15) is 12.1 Å². The summed E-state index contributed by atoms with van der Waals surface area (Å²) >= 11 is 1.30. The Morgan fingerprint density at radius 3 is 2.75 bits per heavy atom. The molecule has 7 nitrogen and oxygen atoms in total. The van der Waals surface area contributed by atoms with Crippen LogP contribution < -0.4 is 14.2 Å². The van der Waals surface area contributed by atoms with E-state index < -0.39 is 5.97 Å². The second-order valence-corrected chi connectivity index (χ2v) is 8.40. The van der Waals surface area contributed by atoms with E-state index in [1.165, 1.54) is 12.1 Å². The number of hydrogen-bond donors (Lipinski definition) is 1. The number of nitrogens with zero attached hydrogens (tertiary/aromatic N) is 1. The van der Waals surface area contributed by atoms with Gasteiger partial charge >= 0.3 is 11.9 Å². The van der Waals surface area contributed by atoms with Crippen molar-refractivity contribution in [3.63, 3.8) is 0 Å². The van der Waals surface area contributed by atoms with Crippen molar-refractivity contribution in [2.75, 3.05) is 19.7 Å². The molecule has 1 aromatic carbocycles. The van der Waals surface area contributed by atoms with E-state index in [4.69, 9.17) is 14.2 Å². The van der Waals surface area contributed by atoms with Gasteiger partial charge in [-0.3, -0.25) is 9.59 Å². The summed E-state index contributed by atoms with van der Waals surface area (Å²) < 4.78 is 21.3. The molecule has 0 bridgehead atoms. The van der Waals surface area contributed by atoms with Crippen LogP contribution in [0, 0.1) is 0 Å². The van der Waals surface area contributed by atoms with Crippen LogP contribution in [0.15, 0.2) is 18.2 Å². The molecule has 0 radical (unpaired) electrons. The van der Waals surface area contributed by atoms with Crippen LogP contribution >= 0.6 is 12.1 Å². The fourth-order valence-electron chi connectivity index (χ4n) is 2.84. The highest BCUT2D eigenvalue weighted by Crippen LogP contribution is 2.41. The van der Waals surface area contributed by atoms with Crippen molar-refractivity contribution >= 4 is 24.1 Å². The molecule has 1 aliphatic rings. The third-order valence-electron chi connectivity index (χ3n) is 4.09. The standard InChI is InChI=1S/C20H30N2O5S/c1-6-25-17(23)10-11-22(14(2)3)28-21-13-18(24)26-16-9-7-8-15-12-20(4,5)27-19(15)16/h7-9,14,21H,6,10-13H2,1-5H3. The van der Waals surface area contributed by atoms with Gasteiger partial charge in [-0.2, -0.15) is 0 Å². The summed E-state index contributed by atoms with van der Waals surface area (Å²) in [4.78, 5) is 23.8. The number of ether oxygens (including phenoxy) is 3. The molecule has 1 heterocycles. The highest BCUT2D eigenvalue weighted by Gasteiger charge is 2.32. The third-order valence-corrected chi connectivity index (χ3v) is 5.21. The maximum Gasteiger partial charge on any atom is 0.326 e. The Morgan fingerprint density at radius 2 is 2.07 bits per heavy atom. The van der Waals surface area contributed by atoms with E-state index in [2.05, 4.69) is 4.72 Å². The summed E-state index contributed by atoms with van der Waals surface area (Å²) in [5.41, 5.74) is 0.748. The Labute approximate surface area is 171 Å². The van der Waals surface area contributed by atoms with Gasteiger partial charge in [0.15, 0.2) is 11.5 Å². The summed E-state index contributed by atoms with van der Waals surface area (Å²) in [6, 6.07) is 5.78. The van der Waals surface area contributed by atoms with Crippen molar-refractivity contribution in [2.24, 2.45) is 0 Å². The van der Waals surface area contributed by atoms with Gasteiger partial charge in [0.05, 0.1) is 13.0 Å². The summed E-state index contributed by atoms with van der Waals surface area (Å²) in [5, 5.41) is 0. The Hall–Kier alpha value is -1.77. The Balaban J connectivity index is 1.81. The molecular formula is C20H30N2O5S. The number of rotatable bonds is 10. The van der Waals surface area contributed by atoms with E-state index in [1.54, 1.807) is 13.0 Å². The van der Waals surface area contributed by atoms with Crippen LogP contribution in [-0.4, -0.2) is 47.6 Å². The van der Waals surface area contributed by atoms with Crippen LogP contribution in [0.2, 0.25) is 0 Å². The van der Waals surface area contributed by atoms with E-state index in [-0.39, 0.29) is 24.2 Å². The molecule has 1 aliphatic heterocycles. The van der Waals surface area contributed by atoms with E-state index in [0.717, 1.165) is 12.0 Å². The smallest absolute Gasteiger partial charge is 0.326 e. The lowest BCUT2D eigenvalue weighted by Crippen LogP contribution is -2.32. The normalized spacial score (nSPS) is 14.7. The molecule has 0 fully saturated rings. The summed E-state index contributed by atoms with van der Waals surface area (Å²) in [7, 11) is 0. The van der Waals surface area contributed by atoms with Gasteiger partial charge in [-0.05, 0) is 40.7 Å². The van der Waals surface area contributed by atoms with Gasteiger partial charge in [0, 0.05) is 36.7 Å². The number of benzene rings is 1. The molecule has 28 heavy (non-hydrogen) atoms. The van der Waals surface area contributed by atoms with E-state index in [1.807, 2.05) is 44.1 Å². The Bertz CT molecular complexity index is 693. The van der Waals surface area contributed by atoms with Crippen molar-refractivity contribution in [3.05, 3.63) is 23.8 Å². The zero-order chi connectivity index (χ0) is 20.7. The highest BCUT2D eigenvalue weighted by molar-refractivity contribution is 7.95. The lowest BCUT2D eigenvalue weighted by Gasteiger charge is -2.24. The number of nitrogens with one attached hydrogen (secondary N) is 1. The van der Waals surface area contributed by atoms with Crippen molar-refractivity contribution in [3.8, 4) is 11.5 Å². The van der Waals surface area contributed by atoms with Crippen molar-refractivity contribution < 1.29 is 23.8 Å². The number of para-hydroxylation sites is 1. The molecular weight excluding hydrogens is 380 g/mol. The first-order valence-corrected chi connectivity index (χ1v) is 10.3. The fraction of sp³-hybridized carbons (Fsp3) is 0.600. The van der Waals surface area contributed by atoms with Crippen molar-refractivity contribution in [1.82, 2.24) is 9.03 Å². The van der Waals surface area contributed by atoms with Crippen molar-refractivity contribution in [2.45, 2.75) is 59.1 Å². The number of hydrogen-bond acceptors (Lipinski definition) is 8. The van der Waals surface area contributed by atoms with Crippen LogP contribution in [0.4, 0.5) is 0 Å². The second-order valence-electron chi connectivity index (χ2n) is 7.46. The largest absolute Gasteiger partial charge is 0.483 e. The zero-order valence-electron chi connectivity index (χ0n) is 17.2. The lowest BCUT2D eigenvalue weighted by atomic mass is 10.0. The quantitative estimate of drug-likeness (QED) is 0.358. The lowest BCUT2D eigenvalue weighted by molar-refractivity contribution is -0.143. The average molecular weight is 411 g/mol. The monoisotopic (exact) mass is 410 g/mol. The maximum absolute atomic E-state index is 12.2. The number of carbonyl (C=O) groups excluding carboxylic acids is 2. The van der Waals surface area contributed by atoms with Crippen molar-refractivity contribution in [1.29, 1.82) is 0 Å². The topological polar surface area (TPSA) is 77.1 Å². The van der Waals surface area contributed by atoms with Crippen LogP contribution in [-0.2, 0) is 20.7 Å². The first-order chi connectivity index (χ1) is 13.2. The number of fused-ring (bicyclic) bond motifs is 1. The van der Waals surface area contributed by atoms with Crippen LogP contribution in [0.25, 0.3) is 0 Å². The first kappa shape index (κ1) is 22.5. The van der Waals surface area contributed by atoms with E-state index >= 15 is 0 Å². The minimum Gasteiger partial charge on any atom is -0.483 e. The van der Waals surface area contributed by atoms with Gasteiger partial charge < -0.3 is 14.2 Å². The van der Waals surface area contributed by atoms with Crippen LogP contribution in [0.1, 0.15) is 46.6 Å². The van der Waals surface area contributed by atoms with E-state index in [9.17, 15) is 9.59 Å². The minimum atomic E-state index is -0.400. The van der Waals surface area contributed by atoms with Crippen LogP contribution in [0.3, 0.4) is 0 Å². The molecule has 8 heteroatoms. The molecule has 0 spiro atoms. The fourth-order valence-corrected chi connectivity index (χ4v) is 3.59. The molecule has 0 amide bonds. The predicted molar refractivity (Wildman–Crippen MR) is 109 cm³/mol. The van der Waals surface area contributed by atoms with Crippen LogP contribution in [0.5, 0.6) is 11.5 Å². The van der Waals surface area contributed by atoms with Gasteiger partial charge in [0.25, 0.3) is 0 Å². The minimum absolute atomic E-state index is 0.0281. The SMILES string of the molecule is CCOC(=O)CCN(SNCC(=O)Oc1cccc2c1OC(C)(C)C2)C(C)C. The maximum atomic E-state index is 12.2. The predicted octanol–water partition coefficient (Wildman–Crippen LogP) is 3.12. The summed E-state index contributed by atoms with van der Waals surface area (Å²) in [6.07, 6.45) is 1.08. The second kappa shape index (κ2) is 10.1. The molecule has 0 saturated heterocycles. The molecule has 0 aliphatic carbocycles. The molecule has 156 valence electrons. The Kier molecular flexibility index (Phi) is 8.15. The summed E-state index contributed by atoms with van der Waals surface area (Å²) in [5.74, 6) is 0.465. The zero-order valence-corrected chi connectivity index (χ0v) is 18.1. The first-order valence-electron chi connectivity index (χ1n) is 9.55. The molecule has 1 aromatic rings. The highest BCUT2D eigenvalue weighted by atomic mass is 32.2. The Morgan fingerprint density at radius 1 is 1.32 bits per heavy atom. The average Bonchev–Trinajstić information content (AvgIpc) is 2.93. The molecule has 1 N–H and O–H groups in total. The van der Waals surface area contributed by atoms with Gasteiger partial charge in [-0.15, -0.1) is 0 Å². The molecule has 0 saturated carbocycles. The van der Waals surface area contributed by atoms with Gasteiger partial charge in [-0.1, -0.05) is 12.1 Å². The number of carbonyl (C=O) groups is 2. The molecule has 2 rings (SSSR count). The van der Waals surface area contributed by atoms with Gasteiger partial charge in [-0.25, -0.2) is 9.03 Å².